The van der Waals surface area contributed by atoms with E-state index in [4.69, 9.17) is 19.9 Å². The average molecular weight is 512 g/mol. The predicted octanol–water partition coefficient (Wildman–Crippen LogP) is 4.17. The summed E-state index contributed by atoms with van der Waals surface area (Å²) in [7, 11) is 0. The maximum absolute atomic E-state index is 13.4. The van der Waals surface area contributed by atoms with Crippen molar-refractivity contribution in [1.82, 2.24) is 10.2 Å². The van der Waals surface area contributed by atoms with E-state index < -0.39 is 29.6 Å². The van der Waals surface area contributed by atoms with Crippen LogP contribution in [0.1, 0.15) is 43.6 Å². The molecular weight excluding hydrogens is 481 g/mol. The van der Waals surface area contributed by atoms with Gasteiger partial charge < -0.3 is 19.9 Å². The monoisotopic (exact) mass is 511 g/mol. The van der Waals surface area contributed by atoms with E-state index in [1.165, 1.54) is 30.3 Å². The van der Waals surface area contributed by atoms with Gasteiger partial charge in [0, 0.05) is 11.1 Å². The number of nitrogens with one attached hydrogen (secondary N) is 1. The number of ketones is 1. The summed E-state index contributed by atoms with van der Waals surface area (Å²) in [5.41, 5.74) is 7.31. The Morgan fingerprint density at radius 1 is 0.973 bits per heavy atom. The highest BCUT2D eigenvalue weighted by Crippen LogP contribution is 2.28. The summed E-state index contributed by atoms with van der Waals surface area (Å²) in [6.45, 7) is 6.51. The number of H-pyrrole nitrogens is 1. The molecule has 1 aromatic heterocycles. The van der Waals surface area contributed by atoms with E-state index in [0.717, 1.165) is 0 Å². The van der Waals surface area contributed by atoms with Crippen molar-refractivity contribution < 1.29 is 33.0 Å². The fourth-order valence-electron chi connectivity index (χ4n) is 3.23. The van der Waals surface area contributed by atoms with Crippen molar-refractivity contribution in [3.8, 4) is 17.0 Å². The van der Waals surface area contributed by atoms with Gasteiger partial charge in [-0.25, -0.2) is 4.39 Å². The Kier molecular flexibility index (Phi) is 9.00. The van der Waals surface area contributed by atoms with E-state index in [0.29, 0.717) is 17.0 Å². The fourth-order valence-corrected chi connectivity index (χ4v) is 3.23. The molecule has 3 aromatic rings. The van der Waals surface area contributed by atoms with Gasteiger partial charge in [0.1, 0.15) is 24.8 Å². The lowest BCUT2D eigenvalue weighted by Crippen LogP contribution is -2.33. The first-order valence-electron chi connectivity index (χ1n) is 11.8. The van der Waals surface area contributed by atoms with Gasteiger partial charge in [0.05, 0.1) is 23.1 Å². The molecule has 0 aliphatic rings. The number of carbonyl (C=O) groups excluding carboxylic acids is 3. The Bertz CT molecular complexity index is 1250. The zero-order valence-electron chi connectivity index (χ0n) is 21.1. The minimum atomic E-state index is -0.841. The van der Waals surface area contributed by atoms with Crippen LogP contribution in [0, 0.1) is 17.7 Å². The molecular formula is C27H30FN3O6. The summed E-state index contributed by atoms with van der Waals surface area (Å²) in [5.74, 6) is -2.08. The molecule has 0 fully saturated rings. The Labute approximate surface area is 214 Å². The third-order valence-corrected chi connectivity index (χ3v) is 5.32. The third-order valence-electron chi connectivity index (χ3n) is 5.32. The highest BCUT2D eigenvalue weighted by Gasteiger charge is 2.23. The van der Waals surface area contributed by atoms with Crippen LogP contribution in [0.2, 0.25) is 0 Å². The first kappa shape index (κ1) is 27.4. The number of rotatable bonds is 11. The molecule has 0 amide bonds. The summed E-state index contributed by atoms with van der Waals surface area (Å²) >= 11 is 0. The van der Waals surface area contributed by atoms with Gasteiger partial charge in [-0.05, 0) is 36.4 Å². The molecule has 0 saturated carbocycles. The molecule has 3 N–H and O–H groups in total. The maximum Gasteiger partial charge on any atom is 0.308 e. The number of aromatic nitrogens is 2. The molecule has 196 valence electrons. The van der Waals surface area contributed by atoms with Crippen LogP contribution in [-0.4, -0.2) is 47.2 Å². The number of hydrogen-bond acceptors (Lipinski definition) is 8. The van der Waals surface area contributed by atoms with Crippen LogP contribution >= 0.6 is 0 Å². The Morgan fingerprint density at radius 3 is 2.30 bits per heavy atom. The quantitative estimate of drug-likeness (QED) is 0.289. The Balaban J connectivity index is 1.77. The van der Waals surface area contributed by atoms with E-state index >= 15 is 0 Å². The number of anilines is 1. The zero-order valence-corrected chi connectivity index (χ0v) is 21.1. The van der Waals surface area contributed by atoms with Crippen LogP contribution in [0.25, 0.3) is 11.3 Å². The normalized spacial score (nSPS) is 11.9. The molecule has 0 aliphatic carbocycles. The molecule has 1 heterocycles. The number of hydrogen-bond donors (Lipinski definition) is 2. The summed E-state index contributed by atoms with van der Waals surface area (Å²) in [6.07, 6.45) is -0.841. The molecule has 0 saturated heterocycles. The van der Waals surface area contributed by atoms with Crippen molar-refractivity contribution in [3.05, 3.63) is 65.5 Å². The summed E-state index contributed by atoms with van der Waals surface area (Å²) in [5, 5.41) is 6.68. The number of nitrogen functional groups attached to an aromatic ring is 1. The van der Waals surface area contributed by atoms with E-state index in [2.05, 4.69) is 10.2 Å². The van der Waals surface area contributed by atoms with Gasteiger partial charge in [-0.2, -0.15) is 5.10 Å². The molecule has 9 nitrogen and oxygen atoms in total. The number of benzene rings is 2. The van der Waals surface area contributed by atoms with Crippen molar-refractivity contribution in [3.63, 3.8) is 0 Å². The van der Waals surface area contributed by atoms with Gasteiger partial charge in [-0.1, -0.05) is 39.8 Å². The number of carbonyl (C=O) groups is 3. The molecule has 0 radical (unpaired) electrons. The average Bonchev–Trinajstić information content (AvgIpc) is 3.26. The molecule has 0 unspecified atom stereocenters. The lowest BCUT2D eigenvalue weighted by atomic mass is 9.99. The number of nitrogens with zero attached hydrogens (tertiary/aromatic N) is 1. The topological polar surface area (TPSA) is 134 Å². The highest BCUT2D eigenvalue weighted by atomic mass is 19.1. The second-order valence-electron chi connectivity index (χ2n) is 9.03. The van der Waals surface area contributed by atoms with Crippen LogP contribution in [0.15, 0.2) is 48.5 Å². The molecule has 0 bridgehead atoms. The summed E-state index contributed by atoms with van der Waals surface area (Å²) < 4.78 is 29.8. The van der Waals surface area contributed by atoms with Gasteiger partial charge in [-0.15, -0.1) is 0 Å². The third kappa shape index (κ3) is 7.16. The minimum Gasteiger partial charge on any atom is -0.490 e. The fraction of sp³-hybridized carbons (Fsp3) is 0.333. The maximum atomic E-state index is 13.4. The first-order valence-corrected chi connectivity index (χ1v) is 11.8. The molecule has 1 atom stereocenters. The number of ether oxygens (including phenoxy) is 3. The van der Waals surface area contributed by atoms with Crippen molar-refractivity contribution in [1.29, 1.82) is 0 Å². The van der Waals surface area contributed by atoms with Crippen LogP contribution in [-0.2, 0) is 19.1 Å². The zero-order chi connectivity index (χ0) is 27.1. The standard InChI is InChI=1S/C27H30FN3O6/c1-15(2)26(33)36-14-21(37-27(34)16(3)4)13-35-20-7-5-6-18(12-20)24(32)22-23(30-31-25(22)29)17-8-10-19(28)11-9-17/h5-12,15-16,21H,13-14H2,1-4H3,(H3,29,30,31)/t21-/m0/s1. The van der Waals surface area contributed by atoms with Gasteiger partial charge in [0.25, 0.3) is 0 Å². The lowest BCUT2D eigenvalue weighted by molar-refractivity contribution is -0.164. The van der Waals surface area contributed by atoms with Crippen LogP contribution in [0.4, 0.5) is 10.2 Å². The van der Waals surface area contributed by atoms with Crippen molar-refractivity contribution in [2.45, 2.75) is 33.8 Å². The van der Waals surface area contributed by atoms with Gasteiger partial charge in [-0.3, -0.25) is 19.5 Å². The highest BCUT2D eigenvalue weighted by molar-refractivity contribution is 6.15. The second kappa shape index (κ2) is 12.2. The van der Waals surface area contributed by atoms with E-state index in [-0.39, 0.29) is 42.0 Å². The largest absolute Gasteiger partial charge is 0.490 e. The predicted molar refractivity (Wildman–Crippen MR) is 134 cm³/mol. The number of esters is 2. The van der Waals surface area contributed by atoms with E-state index in [9.17, 15) is 18.8 Å². The second-order valence-corrected chi connectivity index (χ2v) is 9.03. The molecule has 2 aromatic carbocycles. The number of nitrogens with two attached hydrogens (primary N) is 1. The molecule has 0 spiro atoms. The van der Waals surface area contributed by atoms with Gasteiger partial charge >= 0.3 is 11.9 Å². The molecule has 3 rings (SSSR count). The Morgan fingerprint density at radius 2 is 1.65 bits per heavy atom. The first-order chi connectivity index (χ1) is 17.6. The van der Waals surface area contributed by atoms with Gasteiger partial charge in [0.2, 0.25) is 0 Å². The molecule has 0 aliphatic heterocycles. The number of halogens is 1. The van der Waals surface area contributed by atoms with Crippen LogP contribution in [0.3, 0.4) is 0 Å². The number of aromatic amines is 1. The summed E-state index contributed by atoms with van der Waals surface area (Å²) in [6, 6.07) is 12.0. The Hall–Kier alpha value is -4.21. The van der Waals surface area contributed by atoms with Crippen LogP contribution in [0.5, 0.6) is 5.75 Å². The summed E-state index contributed by atoms with van der Waals surface area (Å²) in [4.78, 5) is 37.3. The smallest absolute Gasteiger partial charge is 0.308 e. The molecule has 37 heavy (non-hydrogen) atoms. The van der Waals surface area contributed by atoms with E-state index in [1.807, 2.05) is 0 Å². The lowest BCUT2D eigenvalue weighted by Gasteiger charge is -2.20. The van der Waals surface area contributed by atoms with Gasteiger partial charge in [0.15, 0.2) is 17.7 Å². The van der Waals surface area contributed by atoms with Crippen molar-refractivity contribution in [2.24, 2.45) is 11.8 Å². The van der Waals surface area contributed by atoms with Crippen molar-refractivity contribution in [2.75, 3.05) is 18.9 Å². The van der Waals surface area contributed by atoms with Crippen molar-refractivity contribution >= 4 is 23.5 Å². The van der Waals surface area contributed by atoms with E-state index in [1.54, 1.807) is 45.9 Å². The SMILES string of the molecule is CC(C)C(=O)OC[C@H](COc1cccc(C(=O)c2c(N)n[nH]c2-c2ccc(F)cc2)c1)OC(=O)C(C)C. The molecule has 10 heteroatoms. The minimum absolute atomic E-state index is 0.00303. The van der Waals surface area contributed by atoms with Crippen LogP contribution < -0.4 is 10.5 Å².